The number of aryl methyl sites for hydroxylation is 1. The lowest BCUT2D eigenvalue weighted by Gasteiger charge is -2.22. The first-order valence-corrected chi connectivity index (χ1v) is 9.74. The molecule has 7 heteroatoms. The number of amides is 1. The molecule has 0 unspecified atom stereocenters. The molecule has 4 rings (SSSR count). The third-order valence-electron chi connectivity index (χ3n) is 4.77. The molecule has 3 aromatic heterocycles. The van der Waals surface area contributed by atoms with Crippen molar-refractivity contribution in [2.75, 3.05) is 11.9 Å². The molecule has 1 aliphatic heterocycles. The second-order valence-corrected chi connectivity index (χ2v) is 7.56. The number of anilines is 1. The molecule has 0 spiro atoms. The second-order valence-electron chi connectivity index (χ2n) is 6.45. The van der Waals surface area contributed by atoms with E-state index in [9.17, 15) is 4.79 Å². The minimum atomic E-state index is -0.0733. The molecule has 0 saturated carbocycles. The number of hydrogen-bond acceptors (Lipinski definition) is 5. The van der Waals surface area contributed by atoms with Crippen molar-refractivity contribution >= 4 is 23.1 Å². The fourth-order valence-corrected chi connectivity index (χ4v) is 4.55. The summed E-state index contributed by atoms with van der Waals surface area (Å²) in [7, 11) is 0. The fraction of sp³-hybridized carbons (Fsp3) is 0.368. The van der Waals surface area contributed by atoms with E-state index in [1.165, 1.54) is 16.9 Å². The summed E-state index contributed by atoms with van der Waals surface area (Å²) >= 11 is 1.58. The Bertz CT molecular complexity index is 868. The monoisotopic (exact) mass is 370 g/mol. The Kier molecular flexibility index (Phi) is 4.90. The highest BCUT2D eigenvalue weighted by atomic mass is 32.1. The Hall–Kier alpha value is -2.38. The molecule has 3 aromatic rings. The average molecular weight is 370 g/mol. The van der Waals surface area contributed by atoms with Gasteiger partial charge >= 0.3 is 0 Å². The highest BCUT2D eigenvalue weighted by Gasteiger charge is 2.28. The van der Waals surface area contributed by atoms with E-state index < -0.39 is 0 Å². The average Bonchev–Trinajstić information content (AvgIpc) is 3.42. The maximum atomic E-state index is 12.6. The largest absolute Gasteiger partial charge is 0.472 e. The van der Waals surface area contributed by atoms with E-state index in [0.717, 1.165) is 36.8 Å². The van der Waals surface area contributed by atoms with Gasteiger partial charge in [0, 0.05) is 35.6 Å². The maximum absolute atomic E-state index is 12.6. The maximum Gasteiger partial charge on any atom is 0.266 e. The second kappa shape index (κ2) is 7.47. The van der Waals surface area contributed by atoms with Crippen molar-refractivity contribution in [1.29, 1.82) is 0 Å². The molecule has 1 N–H and O–H groups in total. The first-order valence-electron chi connectivity index (χ1n) is 8.92. The van der Waals surface area contributed by atoms with E-state index in [0.29, 0.717) is 6.04 Å². The highest BCUT2D eigenvalue weighted by Crippen LogP contribution is 2.37. The number of likely N-dealkylation sites (tertiary alicyclic amines) is 1. The van der Waals surface area contributed by atoms with Crippen LogP contribution in [0.1, 0.15) is 45.9 Å². The number of nitrogens with one attached hydrogen (secondary N) is 1. The quantitative estimate of drug-likeness (QED) is 0.708. The predicted octanol–water partition coefficient (Wildman–Crippen LogP) is 4.15. The van der Waals surface area contributed by atoms with Gasteiger partial charge in [-0.25, -0.2) is 4.68 Å². The number of carbonyl (C=O) groups is 1. The van der Waals surface area contributed by atoms with Crippen LogP contribution in [0.15, 0.2) is 47.4 Å². The third kappa shape index (κ3) is 3.45. The zero-order chi connectivity index (χ0) is 17.9. The SMILES string of the molecule is CCn1nccc1NC(=O)c1ccc([C@@H]2CCCN2Cc2ccoc2)s1. The summed E-state index contributed by atoms with van der Waals surface area (Å²) in [4.78, 5) is 17.0. The molecule has 0 bridgehead atoms. The number of carbonyl (C=O) groups excluding carboxylic acids is 1. The molecule has 136 valence electrons. The minimum absolute atomic E-state index is 0.0733. The number of rotatable bonds is 6. The van der Waals surface area contributed by atoms with Crippen LogP contribution in [0.2, 0.25) is 0 Å². The van der Waals surface area contributed by atoms with Crippen LogP contribution in [0.4, 0.5) is 5.82 Å². The lowest BCUT2D eigenvalue weighted by molar-refractivity contribution is 0.102. The number of nitrogens with zero attached hydrogens (tertiary/aromatic N) is 3. The summed E-state index contributed by atoms with van der Waals surface area (Å²) < 4.78 is 6.96. The van der Waals surface area contributed by atoms with Gasteiger partial charge in [-0.2, -0.15) is 5.10 Å². The topological polar surface area (TPSA) is 63.3 Å². The van der Waals surface area contributed by atoms with E-state index in [1.54, 1.807) is 34.7 Å². The van der Waals surface area contributed by atoms with Crippen LogP contribution in [0, 0.1) is 0 Å². The number of hydrogen-bond donors (Lipinski definition) is 1. The van der Waals surface area contributed by atoms with Gasteiger partial charge < -0.3 is 9.73 Å². The van der Waals surface area contributed by atoms with Gasteiger partial charge in [-0.1, -0.05) is 0 Å². The summed E-state index contributed by atoms with van der Waals surface area (Å²) in [5.74, 6) is 0.658. The van der Waals surface area contributed by atoms with Crippen LogP contribution < -0.4 is 5.32 Å². The Morgan fingerprint density at radius 2 is 2.31 bits per heavy atom. The van der Waals surface area contributed by atoms with Crippen LogP contribution in [0.25, 0.3) is 0 Å². The van der Waals surface area contributed by atoms with E-state index in [-0.39, 0.29) is 5.91 Å². The molecular weight excluding hydrogens is 348 g/mol. The Morgan fingerprint density at radius 1 is 1.38 bits per heavy atom. The van der Waals surface area contributed by atoms with Crippen LogP contribution in [-0.2, 0) is 13.1 Å². The van der Waals surface area contributed by atoms with Gasteiger partial charge in [0.1, 0.15) is 5.82 Å². The van der Waals surface area contributed by atoms with Gasteiger partial charge in [0.2, 0.25) is 0 Å². The van der Waals surface area contributed by atoms with Crippen LogP contribution >= 0.6 is 11.3 Å². The fourth-order valence-electron chi connectivity index (χ4n) is 3.48. The first-order chi connectivity index (χ1) is 12.7. The predicted molar refractivity (Wildman–Crippen MR) is 101 cm³/mol. The van der Waals surface area contributed by atoms with Crippen LogP contribution in [0.5, 0.6) is 0 Å². The first kappa shape index (κ1) is 17.1. The van der Waals surface area contributed by atoms with E-state index in [4.69, 9.17) is 4.42 Å². The standard InChI is InChI=1S/C19H22N4O2S/c1-2-23-18(7-9-20-23)21-19(24)17-6-5-16(26-17)15-4-3-10-22(15)12-14-8-11-25-13-14/h5-9,11,13,15H,2-4,10,12H2,1H3,(H,21,24)/t15-/m0/s1. The third-order valence-corrected chi connectivity index (χ3v) is 5.95. The molecule has 1 fully saturated rings. The molecule has 0 aromatic carbocycles. The number of furan rings is 1. The van der Waals surface area contributed by atoms with Crippen molar-refractivity contribution in [3.63, 3.8) is 0 Å². The van der Waals surface area contributed by atoms with Gasteiger partial charge in [-0.15, -0.1) is 11.3 Å². The zero-order valence-electron chi connectivity index (χ0n) is 14.7. The number of thiophene rings is 1. The summed E-state index contributed by atoms with van der Waals surface area (Å²) in [6.07, 6.45) is 7.53. The van der Waals surface area contributed by atoms with Gasteiger partial charge in [0.25, 0.3) is 5.91 Å². The van der Waals surface area contributed by atoms with Gasteiger partial charge in [-0.3, -0.25) is 9.69 Å². The summed E-state index contributed by atoms with van der Waals surface area (Å²) in [6.45, 7) is 4.69. The molecule has 4 heterocycles. The molecule has 1 amide bonds. The van der Waals surface area contributed by atoms with Crippen LogP contribution in [-0.4, -0.2) is 27.1 Å². The zero-order valence-corrected chi connectivity index (χ0v) is 15.5. The smallest absolute Gasteiger partial charge is 0.266 e. The minimum Gasteiger partial charge on any atom is -0.472 e. The van der Waals surface area contributed by atoms with E-state index in [1.807, 2.05) is 25.1 Å². The van der Waals surface area contributed by atoms with Gasteiger partial charge in [0.15, 0.2) is 0 Å². The molecular formula is C19H22N4O2S. The molecule has 1 saturated heterocycles. The van der Waals surface area contributed by atoms with E-state index >= 15 is 0 Å². The molecule has 1 atom stereocenters. The summed E-state index contributed by atoms with van der Waals surface area (Å²) in [5.41, 5.74) is 1.19. The summed E-state index contributed by atoms with van der Waals surface area (Å²) in [5, 5.41) is 7.14. The highest BCUT2D eigenvalue weighted by molar-refractivity contribution is 7.14. The van der Waals surface area contributed by atoms with Crippen molar-refractivity contribution in [3.8, 4) is 0 Å². The van der Waals surface area contributed by atoms with Crippen molar-refractivity contribution < 1.29 is 9.21 Å². The lowest BCUT2D eigenvalue weighted by atomic mass is 10.2. The summed E-state index contributed by atoms with van der Waals surface area (Å²) in [6, 6.07) is 8.22. The molecule has 0 radical (unpaired) electrons. The van der Waals surface area contributed by atoms with Crippen molar-refractivity contribution in [2.24, 2.45) is 0 Å². The lowest BCUT2D eigenvalue weighted by Crippen LogP contribution is -2.21. The van der Waals surface area contributed by atoms with Crippen LogP contribution in [0.3, 0.4) is 0 Å². The Morgan fingerprint density at radius 3 is 3.12 bits per heavy atom. The van der Waals surface area contributed by atoms with Crippen molar-refractivity contribution in [2.45, 2.75) is 38.9 Å². The molecule has 6 nitrogen and oxygen atoms in total. The van der Waals surface area contributed by atoms with Gasteiger partial charge in [-0.05, 0) is 44.5 Å². The Balaban J connectivity index is 1.46. The number of aromatic nitrogens is 2. The normalized spacial score (nSPS) is 17.7. The molecule has 0 aliphatic carbocycles. The molecule has 26 heavy (non-hydrogen) atoms. The van der Waals surface area contributed by atoms with E-state index in [2.05, 4.69) is 21.4 Å². The molecule has 1 aliphatic rings. The van der Waals surface area contributed by atoms with Crippen molar-refractivity contribution in [3.05, 3.63) is 58.3 Å². The van der Waals surface area contributed by atoms with Crippen molar-refractivity contribution in [1.82, 2.24) is 14.7 Å². The Labute approximate surface area is 156 Å². The van der Waals surface area contributed by atoms with Gasteiger partial charge in [0.05, 0.1) is 23.6 Å².